The summed E-state index contributed by atoms with van der Waals surface area (Å²) in [5.74, 6) is -1.27. The van der Waals surface area contributed by atoms with E-state index in [9.17, 15) is 9.59 Å². The van der Waals surface area contributed by atoms with Crippen LogP contribution in [-0.2, 0) is 9.53 Å². The van der Waals surface area contributed by atoms with Gasteiger partial charge in [-0.05, 0) is 34.5 Å². The van der Waals surface area contributed by atoms with Crippen LogP contribution in [0, 0.1) is 0 Å². The van der Waals surface area contributed by atoms with Crippen LogP contribution < -0.4 is 5.32 Å². The molecule has 1 fully saturated rings. The number of amides is 1. The van der Waals surface area contributed by atoms with Crippen LogP contribution in [0.25, 0.3) is 0 Å². The van der Waals surface area contributed by atoms with Crippen molar-refractivity contribution in [1.29, 1.82) is 0 Å². The number of furan rings is 1. The number of aliphatic carboxylic acids is 1. The molecule has 0 aromatic carbocycles. The van der Waals surface area contributed by atoms with Gasteiger partial charge in [0.2, 0.25) is 0 Å². The van der Waals surface area contributed by atoms with Gasteiger partial charge in [0.25, 0.3) is 5.91 Å². The number of carboxylic acids is 1. The molecule has 6 nitrogen and oxygen atoms in total. The Hall–Kier alpha value is -1.34. The summed E-state index contributed by atoms with van der Waals surface area (Å²) < 4.78 is 10.8. The molecule has 1 aromatic heterocycles. The highest BCUT2D eigenvalue weighted by Gasteiger charge is 2.39. The number of hydrogen-bond acceptors (Lipinski definition) is 4. The quantitative estimate of drug-likeness (QED) is 0.876. The molecule has 2 rings (SSSR count). The highest BCUT2D eigenvalue weighted by atomic mass is 79.9. The topological polar surface area (TPSA) is 88.8 Å². The first kappa shape index (κ1) is 13.1. The Balaban J connectivity index is 2.09. The number of carboxylic acid groups (broad SMARTS) is 1. The van der Waals surface area contributed by atoms with Gasteiger partial charge < -0.3 is 19.6 Å². The zero-order valence-electron chi connectivity index (χ0n) is 9.44. The Labute approximate surface area is 111 Å². The Morgan fingerprint density at radius 1 is 1.50 bits per heavy atom. The zero-order chi connectivity index (χ0) is 13.2. The van der Waals surface area contributed by atoms with Crippen molar-refractivity contribution in [1.82, 2.24) is 5.32 Å². The molecule has 0 aliphatic carbocycles. The van der Waals surface area contributed by atoms with Crippen molar-refractivity contribution in [3.63, 3.8) is 0 Å². The molecule has 2 heterocycles. The Bertz CT molecular complexity index is 464. The highest BCUT2D eigenvalue weighted by molar-refractivity contribution is 9.10. The minimum absolute atomic E-state index is 0.138. The number of nitrogens with one attached hydrogen (secondary N) is 1. The number of rotatable bonds is 4. The summed E-state index contributed by atoms with van der Waals surface area (Å²) in [6.45, 7) is 0.641. The molecule has 0 saturated carbocycles. The van der Waals surface area contributed by atoms with Gasteiger partial charge in [-0.3, -0.25) is 9.59 Å². The molecule has 1 aliphatic rings. The second-order valence-corrected chi connectivity index (χ2v) is 4.99. The summed E-state index contributed by atoms with van der Waals surface area (Å²) in [4.78, 5) is 22.8. The largest absolute Gasteiger partial charge is 0.481 e. The number of carbonyl (C=O) groups excluding carboxylic acids is 1. The third-order valence-electron chi connectivity index (χ3n) is 2.77. The lowest BCUT2D eigenvalue weighted by molar-refractivity contribution is -0.138. The van der Waals surface area contributed by atoms with Gasteiger partial charge >= 0.3 is 5.97 Å². The fourth-order valence-corrected chi connectivity index (χ4v) is 2.22. The molecular formula is C11H12BrNO5. The van der Waals surface area contributed by atoms with E-state index in [1.54, 1.807) is 6.07 Å². The van der Waals surface area contributed by atoms with Crippen LogP contribution in [0.4, 0.5) is 0 Å². The number of carbonyl (C=O) groups is 2. The van der Waals surface area contributed by atoms with Gasteiger partial charge in [0.05, 0.1) is 18.6 Å². The average molecular weight is 318 g/mol. The molecule has 0 spiro atoms. The molecule has 18 heavy (non-hydrogen) atoms. The SMILES string of the molecule is O=C(O)CC1(NC(=O)c2ccc(Br)o2)CCOC1. The molecule has 1 aromatic rings. The van der Waals surface area contributed by atoms with Crippen LogP contribution in [-0.4, -0.2) is 35.7 Å². The van der Waals surface area contributed by atoms with Gasteiger partial charge in [0.1, 0.15) is 0 Å². The Morgan fingerprint density at radius 2 is 2.28 bits per heavy atom. The van der Waals surface area contributed by atoms with E-state index in [2.05, 4.69) is 21.2 Å². The normalized spacial score (nSPS) is 22.9. The van der Waals surface area contributed by atoms with Crippen LogP contribution in [0.3, 0.4) is 0 Å². The van der Waals surface area contributed by atoms with Crippen molar-refractivity contribution in [2.24, 2.45) is 0 Å². The maximum absolute atomic E-state index is 11.9. The lowest BCUT2D eigenvalue weighted by atomic mass is 9.94. The minimum Gasteiger partial charge on any atom is -0.481 e. The van der Waals surface area contributed by atoms with Crippen molar-refractivity contribution in [2.75, 3.05) is 13.2 Å². The van der Waals surface area contributed by atoms with Gasteiger partial charge in [-0.1, -0.05) is 0 Å². The molecule has 1 saturated heterocycles. The van der Waals surface area contributed by atoms with Crippen LogP contribution >= 0.6 is 15.9 Å². The van der Waals surface area contributed by atoms with E-state index in [0.717, 1.165) is 0 Å². The number of halogens is 1. The van der Waals surface area contributed by atoms with Crippen LogP contribution in [0.2, 0.25) is 0 Å². The van der Waals surface area contributed by atoms with Gasteiger partial charge in [-0.2, -0.15) is 0 Å². The van der Waals surface area contributed by atoms with E-state index < -0.39 is 17.4 Å². The summed E-state index contributed by atoms with van der Waals surface area (Å²) in [5, 5.41) is 11.6. The smallest absolute Gasteiger partial charge is 0.305 e. The lowest BCUT2D eigenvalue weighted by Crippen LogP contribution is -2.50. The third kappa shape index (κ3) is 2.91. The van der Waals surface area contributed by atoms with E-state index >= 15 is 0 Å². The van der Waals surface area contributed by atoms with Crippen molar-refractivity contribution in [3.05, 3.63) is 22.6 Å². The molecule has 7 heteroatoms. The van der Waals surface area contributed by atoms with Gasteiger partial charge in [0, 0.05) is 6.61 Å². The molecule has 98 valence electrons. The summed E-state index contributed by atoms with van der Waals surface area (Å²) in [6.07, 6.45) is 0.313. The molecule has 1 aliphatic heterocycles. The summed E-state index contributed by atoms with van der Waals surface area (Å²) in [5.41, 5.74) is -0.845. The Morgan fingerprint density at radius 3 is 2.78 bits per heavy atom. The predicted molar refractivity (Wildman–Crippen MR) is 64.3 cm³/mol. The van der Waals surface area contributed by atoms with Crippen LogP contribution in [0.5, 0.6) is 0 Å². The second kappa shape index (κ2) is 5.11. The fourth-order valence-electron chi connectivity index (χ4n) is 1.92. The zero-order valence-corrected chi connectivity index (χ0v) is 11.0. The van der Waals surface area contributed by atoms with Crippen molar-refractivity contribution < 1.29 is 23.8 Å². The molecule has 1 amide bonds. The molecule has 1 atom stereocenters. The highest BCUT2D eigenvalue weighted by Crippen LogP contribution is 2.24. The molecule has 2 N–H and O–H groups in total. The molecule has 0 radical (unpaired) electrons. The summed E-state index contributed by atoms with van der Waals surface area (Å²) >= 11 is 3.10. The molecule has 0 bridgehead atoms. The molecular weight excluding hydrogens is 306 g/mol. The molecule has 1 unspecified atom stereocenters. The van der Waals surface area contributed by atoms with E-state index in [-0.39, 0.29) is 18.8 Å². The second-order valence-electron chi connectivity index (χ2n) is 4.21. The van der Waals surface area contributed by atoms with E-state index in [0.29, 0.717) is 17.7 Å². The number of ether oxygens (including phenoxy) is 1. The van der Waals surface area contributed by atoms with E-state index in [1.165, 1.54) is 6.07 Å². The van der Waals surface area contributed by atoms with Gasteiger partial charge in [-0.15, -0.1) is 0 Å². The lowest BCUT2D eigenvalue weighted by Gasteiger charge is -2.26. The maximum Gasteiger partial charge on any atom is 0.305 e. The average Bonchev–Trinajstić information content (AvgIpc) is 2.87. The summed E-state index contributed by atoms with van der Waals surface area (Å²) in [7, 11) is 0. The van der Waals surface area contributed by atoms with Crippen LogP contribution in [0.15, 0.2) is 21.2 Å². The van der Waals surface area contributed by atoms with Crippen molar-refractivity contribution in [3.8, 4) is 0 Å². The first-order valence-electron chi connectivity index (χ1n) is 5.38. The monoisotopic (exact) mass is 317 g/mol. The predicted octanol–water partition coefficient (Wildman–Crippen LogP) is 1.41. The van der Waals surface area contributed by atoms with E-state index in [1.807, 2.05) is 0 Å². The van der Waals surface area contributed by atoms with E-state index in [4.69, 9.17) is 14.3 Å². The number of hydrogen-bond donors (Lipinski definition) is 2. The van der Waals surface area contributed by atoms with Crippen molar-refractivity contribution >= 4 is 27.8 Å². The maximum atomic E-state index is 11.9. The summed E-state index contributed by atoms with van der Waals surface area (Å²) in [6, 6.07) is 3.12. The standard InChI is InChI=1S/C11H12BrNO5/c12-8-2-1-7(18-8)10(16)13-11(5-9(14)15)3-4-17-6-11/h1-2H,3-6H2,(H,13,16)(H,14,15). The Kier molecular flexibility index (Phi) is 3.72. The van der Waals surface area contributed by atoms with Gasteiger partial charge in [0.15, 0.2) is 10.4 Å². The van der Waals surface area contributed by atoms with Crippen molar-refractivity contribution in [2.45, 2.75) is 18.4 Å². The first-order valence-corrected chi connectivity index (χ1v) is 6.17. The minimum atomic E-state index is -0.971. The fraction of sp³-hybridized carbons (Fsp3) is 0.455. The van der Waals surface area contributed by atoms with Crippen LogP contribution in [0.1, 0.15) is 23.4 Å². The third-order valence-corrected chi connectivity index (χ3v) is 3.19. The van der Waals surface area contributed by atoms with Gasteiger partial charge in [-0.25, -0.2) is 0 Å². The first-order chi connectivity index (χ1) is 8.51.